The van der Waals surface area contributed by atoms with Crippen molar-refractivity contribution >= 4 is 21.6 Å². The number of aryl methyl sites for hydroxylation is 1. The number of primary amides is 1. The molecule has 7 heteroatoms. The SMILES string of the molecule is CCc1ccccc1NS(=O)(=O)c1ccc(OCC(N)=O)cc1. The molecule has 0 aliphatic carbocycles. The minimum Gasteiger partial charge on any atom is -0.484 e. The Hall–Kier alpha value is -2.54. The molecule has 6 nitrogen and oxygen atoms in total. The van der Waals surface area contributed by atoms with Crippen LogP contribution in [0.4, 0.5) is 5.69 Å². The second-order valence-corrected chi connectivity index (χ2v) is 6.52. The molecule has 0 saturated carbocycles. The first-order valence-corrected chi connectivity index (χ1v) is 8.52. The van der Waals surface area contributed by atoms with Gasteiger partial charge in [-0.2, -0.15) is 0 Å². The van der Waals surface area contributed by atoms with Gasteiger partial charge in [0.25, 0.3) is 15.9 Å². The van der Waals surface area contributed by atoms with Gasteiger partial charge in [-0.3, -0.25) is 9.52 Å². The predicted molar refractivity (Wildman–Crippen MR) is 87.8 cm³/mol. The molecule has 2 aromatic rings. The van der Waals surface area contributed by atoms with Gasteiger partial charge >= 0.3 is 0 Å². The van der Waals surface area contributed by atoms with Crippen LogP contribution < -0.4 is 15.2 Å². The van der Waals surface area contributed by atoms with Gasteiger partial charge in [-0.15, -0.1) is 0 Å². The molecule has 0 spiro atoms. The quantitative estimate of drug-likeness (QED) is 0.808. The van der Waals surface area contributed by atoms with E-state index in [2.05, 4.69) is 4.72 Å². The maximum absolute atomic E-state index is 12.4. The van der Waals surface area contributed by atoms with Crippen molar-refractivity contribution < 1.29 is 17.9 Å². The summed E-state index contributed by atoms with van der Waals surface area (Å²) >= 11 is 0. The first-order valence-electron chi connectivity index (χ1n) is 7.04. The second kappa shape index (κ2) is 7.15. The van der Waals surface area contributed by atoms with Gasteiger partial charge in [0.05, 0.1) is 10.6 Å². The number of sulfonamides is 1. The third-order valence-corrected chi connectivity index (χ3v) is 4.54. The number of benzene rings is 2. The maximum Gasteiger partial charge on any atom is 0.261 e. The van der Waals surface area contributed by atoms with Crippen LogP contribution in [0.5, 0.6) is 5.75 Å². The standard InChI is InChI=1S/C16H18N2O4S/c1-2-12-5-3-4-6-15(12)18-23(20,21)14-9-7-13(8-10-14)22-11-16(17)19/h3-10,18H,2,11H2,1H3,(H2,17,19). The Labute approximate surface area is 135 Å². The van der Waals surface area contributed by atoms with Crippen molar-refractivity contribution in [1.29, 1.82) is 0 Å². The number of nitrogens with one attached hydrogen (secondary N) is 1. The van der Waals surface area contributed by atoms with Crippen LogP contribution in [0.15, 0.2) is 53.4 Å². The number of carbonyl (C=O) groups excluding carboxylic acids is 1. The number of nitrogens with two attached hydrogens (primary N) is 1. The molecule has 0 aliphatic rings. The summed E-state index contributed by atoms with van der Waals surface area (Å²) in [4.78, 5) is 10.8. The van der Waals surface area contributed by atoms with Gasteiger partial charge in [0, 0.05) is 0 Å². The Balaban J connectivity index is 2.17. The molecule has 122 valence electrons. The molecule has 0 atom stereocenters. The number of rotatable bonds is 7. The summed E-state index contributed by atoms with van der Waals surface area (Å²) in [6.45, 7) is 1.70. The van der Waals surface area contributed by atoms with Crippen molar-refractivity contribution in [2.45, 2.75) is 18.2 Å². The van der Waals surface area contributed by atoms with E-state index in [0.29, 0.717) is 11.4 Å². The molecule has 0 saturated heterocycles. The lowest BCUT2D eigenvalue weighted by Gasteiger charge is -2.12. The average molecular weight is 334 g/mol. The summed E-state index contributed by atoms with van der Waals surface area (Å²) in [5, 5.41) is 0. The normalized spacial score (nSPS) is 11.0. The van der Waals surface area contributed by atoms with Crippen LogP contribution in [-0.4, -0.2) is 20.9 Å². The fourth-order valence-electron chi connectivity index (χ4n) is 2.00. The molecule has 0 unspecified atom stereocenters. The van der Waals surface area contributed by atoms with Crippen molar-refractivity contribution in [3.8, 4) is 5.75 Å². The number of amides is 1. The molecule has 0 fully saturated rings. The molecule has 3 N–H and O–H groups in total. The molecule has 1 amide bonds. The number of hydrogen-bond acceptors (Lipinski definition) is 4. The Bertz CT molecular complexity index is 786. The molecule has 2 aromatic carbocycles. The third-order valence-electron chi connectivity index (χ3n) is 3.16. The highest BCUT2D eigenvalue weighted by atomic mass is 32.2. The molecule has 0 aromatic heterocycles. The topological polar surface area (TPSA) is 98.5 Å². The van der Waals surface area contributed by atoms with Crippen molar-refractivity contribution in [3.05, 3.63) is 54.1 Å². The van der Waals surface area contributed by atoms with Crippen LogP contribution in [-0.2, 0) is 21.2 Å². The monoisotopic (exact) mass is 334 g/mol. The van der Waals surface area contributed by atoms with Gasteiger partial charge < -0.3 is 10.5 Å². The van der Waals surface area contributed by atoms with Gasteiger partial charge in [-0.1, -0.05) is 25.1 Å². The van der Waals surface area contributed by atoms with Crippen LogP contribution in [0.2, 0.25) is 0 Å². The van der Waals surface area contributed by atoms with Crippen LogP contribution in [0.3, 0.4) is 0 Å². The summed E-state index contributed by atoms with van der Waals surface area (Å²) in [6.07, 6.45) is 0.721. The molecule has 0 radical (unpaired) electrons. The van der Waals surface area contributed by atoms with Gasteiger partial charge in [-0.05, 0) is 42.3 Å². The first kappa shape index (κ1) is 16.8. The predicted octanol–water partition coefficient (Wildman–Crippen LogP) is 1.91. The zero-order valence-corrected chi connectivity index (χ0v) is 13.5. The van der Waals surface area contributed by atoms with Crippen molar-refractivity contribution in [1.82, 2.24) is 0 Å². The Morgan fingerprint density at radius 2 is 1.78 bits per heavy atom. The lowest BCUT2D eigenvalue weighted by atomic mass is 10.1. The zero-order chi connectivity index (χ0) is 16.9. The highest BCUT2D eigenvalue weighted by molar-refractivity contribution is 7.92. The van der Waals surface area contributed by atoms with Gasteiger partial charge in [0.2, 0.25) is 0 Å². The van der Waals surface area contributed by atoms with Gasteiger partial charge in [0.1, 0.15) is 5.75 Å². The average Bonchev–Trinajstić information content (AvgIpc) is 2.53. The Morgan fingerprint density at radius 3 is 2.39 bits per heavy atom. The fourth-order valence-corrected chi connectivity index (χ4v) is 3.10. The van der Waals surface area contributed by atoms with Crippen molar-refractivity contribution in [3.63, 3.8) is 0 Å². The molecule has 23 heavy (non-hydrogen) atoms. The first-order chi connectivity index (χ1) is 10.9. The molecule has 0 aliphatic heterocycles. The summed E-state index contributed by atoms with van der Waals surface area (Å²) in [7, 11) is -3.69. The number of carbonyl (C=O) groups is 1. The van der Waals surface area contributed by atoms with E-state index < -0.39 is 15.9 Å². The fraction of sp³-hybridized carbons (Fsp3) is 0.188. The van der Waals surface area contributed by atoms with E-state index in [1.54, 1.807) is 12.1 Å². The van der Waals surface area contributed by atoms with E-state index in [-0.39, 0.29) is 11.5 Å². The molecule has 0 heterocycles. The number of ether oxygens (including phenoxy) is 1. The van der Waals surface area contributed by atoms with Gasteiger partial charge in [0.15, 0.2) is 6.61 Å². The summed E-state index contributed by atoms with van der Waals surface area (Å²) in [5.74, 6) is -0.226. The van der Waals surface area contributed by atoms with E-state index >= 15 is 0 Å². The molecule has 2 rings (SSSR count). The van der Waals surface area contributed by atoms with E-state index in [1.807, 2.05) is 19.1 Å². The minimum absolute atomic E-state index is 0.106. The highest BCUT2D eigenvalue weighted by Crippen LogP contribution is 2.22. The lowest BCUT2D eigenvalue weighted by molar-refractivity contribution is -0.119. The second-order valence-electron chi connectivity index (χ2n) is 4.84. The van der Waals surface area contributed by atoms with Crippen LogP contribution >= 0.6 is 0 Å². The summed E-state index contributed by atoms with van der Waals surface area (Å²) in [5.41, 5.74) is 6.46. The van der Waals surface area contributed by atoms with Gasteiger partial charge in [-0.25, -0.2) is 8.42 Å². The van der Waals surface area contributed by atoms with Crippen molar-refractivity contribution in [2.75, 3.05) is 11.3 Å². The number of hydrogen-bond donors (Lipinski definition) is 2. The molecular weight excluding hydrogens is 316 g/mol. The highest BCUT2D eigenvalue weighted by Gasteiger charge is 2.15. The maximum atomic E-state index is 12.4. The number of anilines is 1. The van der Waals surface area contributed by atoms with Crippen LogP contribution in [0, 0.1) is 0 Å². The number of para-hydroxylation sites is 1. The summed E-state index contributed by atoms with van der Waals surface area (Å²) < 4.78 is 32.5. The summed E-state index contributed by atoms with van der Waals surface area (Å²) in [6, 6.07) is 13.0. The van der Waals surface area contributed by atoms with E-state index in [4.69, 9.17) is 10.5 Å². The van der Waals surface area contributed by atoms with Crippen LogP contribution in [0.1, 0.15) is 12.5 Å². The Kier molecular flexibility index (Phi) is 5.23. The van der Waals surface area contributed by atoms with E-state index in [1.165, 1.54) is 24.3 Å². The minimum atomic E-state index is -3.69. The van der Waals surface area contributed by atoms with E-state index in [9.17, 15) is 13.2 Å². The smallest absolute Gasteiger partial charge is 0.261 e. The molecule has 0 bridgehead atoms. The largest absolute Gasteiger partial charge is 0.484 e. The zero-order valence-electron chi connectivity index (χ0n) is 12.7. The van der Waals surface area contributed by atoms with E-state index in [0.717, 1.165) is 12.0 Å². The third kappa shape index (κ3) is 4.46. The Morgan fingerprint density at radius 1 is 1.13 bits per heavy atom. The van der Waals surface area contributed by atoms with Crippen LogP contribution in [0.25, 0.3) is 0 Å². The molecular formula is C16H18N2O4S. The lowest BCUT2D eigenvalue weighted by Crippen LogP contribution is -2.20. The van der Waals surface area contributed by atoms with Crippen molar-refractivity contribution in [2.24, 2.45) is 5.73 Å².